The Morgan fingerprint density at radius 1 is 1.62 bits per heavy atom. The highest BCUT2D eigenvalue weighted by Crippen LogP contribution is 2.21. The second kappa shape index (κ2) is 3.49. The third kappa shape index (κ3) is 1.81. The summed E-state index contributed by atoms with van der Waals surface area (Å²) in [6, 6.07) is 2.30. The molecule has 0 saturated carbocycles. The zero-order valence-electron chi connectivity index (χ0n) is 7.08. The molecule has 4 nitrogen and oxygen atoms in total. The maximum atomic E-state index is 12.9. The van der Waals surface area contributed by atoms with Crippen molar-refractivity contribution in [2.75, 3.05) is 0 Å². The number of aryl methyl sites for hydroxylation is 1. The van der Waals surface area contributed by atoms with Gasteiger partial charge in [0.2, 0.25) is 5.82 Å². The summed E-state index contributed by atoms with van der Waals surface area (Å²) in [6.07, 6.45) is 0. The van der Waals surface area contributed by atoms with E-state index in [1.807, 2.05) is 0 Å². The molecule has 0 aliphatic rings. The van der Waals surface area contributed by atoms with Crippen LogP contribution in [0.1, 0.15) is 11.1 Å². The van der Waals surface area contributed by atoms with Crippen LogP contribution < -0.4 is 5.73 Å². The van der Waals surface area contributed by atoms with Crippen LogP contribution >= 0.6 is 0 Å². The molecule has 5 heteroatoms. The second-order valence-electron chi connectivity index (χ2n) is 2.69. The van der Waals surface area contributed by atoms with Gasteiger partial charge in [-0.15, -0.1) is 0 Å². The molecule has 1 rings (SSSR count). The van der Waals surface area contributed by atoms with E-state index in [9.17, 15) is 14.5 Å². The van der Waals surface area contributed by atoms with Crippen molar-refractivity contribution in [1.82, 2.24) is 0 Å². The Balaban J connectivity index is 3.30. The molecule has 1 aromatic carbocycles. The first kappa shape index (κ1) is 9.60. The van der Waals surface area contributed by atoms with Gasteiger partial charge in [0, 0.05) is 12.6 Å². The van der Waals surface area contributed by atoms with Gasteiger partial charge in [0.05, 0.1) is 4.92 Å². The lowest BCUT2D eigenvalue weighted by molar-refractivity contribution is -0.387. The first-order valence-electron chi connectivity index (χ1n) is 3.69. The molecule has 0 fully saturated rings. The molecular weight excluding hydrogens is 175 g/mol. The van der Waals surface area contributed by atoms with E-state index >= 15 is 0 Å². The van der Waals surface area contributed by atoms with Crippen LogP contribution in [-0.4, -0.2) is 4.92 Å². The normalized spacial score (nSPS) is 10.1. The van der Waals surface area contributed by atoms with E-state index in [-0.39, 0.29) is 6.54 Å². The summed E-state index contributed by atoms with van der Waals surface area (Å²) >= 11 is 0. The summed E-state index contributed by atoms with van der Waals surface area (Å²) in [7, 11) is 0. The van der Waals surface area contributed by atoms with Gasteiger partial charge in [-0.05, 0) is 24.1 Å². The molecule has 0 heterocycles. The highest BCUT2D eigenvalue weighted by Gasteiger charge is 2.15. The van der Waals surface area contributed by atoms with Crippen molar-refractivity contribution in [2.24, 2.45) is 5.73 Å². The van der Waals surface area contributed by atoms with Crippen LogP contribution in [0.15, 0.2) is 12.1 Å². The monoisotopic (exact) mass is 184 g/mol. The van der Waals surface area contributed by atoms with E-state index in [2.05, 4.69) is 0 Å². The van der Waals surface area contributed by atoms with Crippen LogP contribution in [0.5, 0.6) is 0 Å². The molecule has 0 spiro atoms. The third-order valence-corrected chi connectivity index (χ3v) is 1.82. The Hall–Kier alpha value is -1.49. The number of benzene rings is 1. The standard InChI is InChI=1S/C8H9FN2O2/c1-5-2-7(9)8(11(12)13)3-6(5)4-10/h2-3H,4,10H2,1H3. The minimum absolute atomic E-state index is 0.174. The van der Waals surface area contributed by atoms with Gasteiger partial charge in [0.25, 0.3) is 0 Å². The summed E-state index contributed by atoms with van der Waals surface area (Å²) in [4.78, 5) is 9.57. The van der Waals surface area contributed by atoms with Crippen LogP contribution in [0.4, 0.5) is 10.1 Å². The molecule has 2 N–H and O–H groups in total. The van der Waals surface area contributed by atoms with Crippen molar-refractivity contribution in [2.45, 2.75) is 13.5 Å². The molecule has 0 aliphatic heterocycles. The lowest BCUT2D eigenvalue weighted by atomic mass is 10.1. The van der Waals surface area contributed by atoms with Crippen LogP contribution in [0.3, 0.4) is 0 Å². The Labute approximate surface area is 74.3 Å². The SMILES string of the molecule is Cc1cc(F)c([N+](=O)[O-])cc1CN. The maximum absolute atomic E-state index is 12.9. The zero-order chi connectivity index (χ0) is 10.0. The number of nitro groups is 1. The second-order valence-corrected chi connectivity index (χ2v) is 2.69. The van der Waals surface area contributed by atoms with Crippen LogP contribution in [0, 0.1) is 22.9 Å². The highest BCUT2D eigenvalue weighted by atomic mass is 19.1. The smallest absolute Gasteiger partial charge is 0.305 e. The first-order valence-corrected chi connectivity index (χ1v) is 3.69. The largest absolute Gasteiger partial charge is 0.326 e. The molecule has 0 unspecified atom stereocenters. The van der Waals surface area contributed by atoms with Crippen LogP contribution in [0.25, 0.3) is 0 Å². The summed E-state index contributed by atoms with van der Waals surface area (Å²) in [5.41, 5.74) is 6.02. The van der Waals surface area contributed by atoms with E-state index in [4.69, 9.17) is 5.73 Å². The minimum Gasteiger partial charge on any atom is -0.326 e. The fourth-order valence-corrected chi connectivity index (χ4v) is 1.06. The fourth-order valence-electron chi connectivity index (χ4n) is 1.06. The fraction of sp³-hybridized carbons (Fsp3) is 0.250. The van der Waals surface area contributed by atoms with E-state index in [0.29, 0.717) is 11.1 Å². The number of hydrogen-bond donors (Lipinski definition) is 1. The summed E-state index contributed by atoms with van der Waals surface area (Å²) < 4.78 is 12.9. The lowest BCUT2D eigenvalue weighted by Gasteiger charge is -2.02. The topological polar surface area (TPSA) is 69.2 Å². The predicted octanol–water partition coefficient (Wildman–Crippen LogP) is 1.50. The molecule has 0 radical (unpaired) electrons. The number of nitrogens with two attached hydrogens (primary N) is 1. The van der Waals surface area contributed by atoms with Gasteiger partial charge in [0.1, 0.15) is 0 Å². The molecule has 0 atom stereocenters. The van der Waals surface area contributed by atoms with Gasteiger partial charge in [-0.1, -0.05) is 0 Å². The number of rotatable bonds is 2. The van der Waals surface area contributed by atoms with Crippen molar-refractivity contribution in [3.63, 3.8) is 0 Å². The number of halogens is 1. The Morgan fingerprint density at radius 3 is 2.69 bits per heavy atom. The molecule has 0 saturated heterocycles. The Bertz CT molecular complexity index is 352. The summed E-state index contributed by atoms with van der Waals surface area (Å²) in [5.74, 6) is -0.820. The average Bonchev–Trinajstić information content (AvgIpc) is 2.03. The van der Waals surface area contributed by atoms with Gasteiger partial charge in [-0.3, -0.25) is 10.1 Å². The van der Waals surface area contributed by atoms with Gasteiger partial charge < -0.3 is 5.73 Å². The van der Waals surface area contributed by atoms with E-state index in [1.165, 1.54) is 6.07 Å². The molecule has 0 amide bonds. The Kier molecular flexibility index (Phi) is 2.57. The molecule has 0 aromatic heterocycles. The predicted molar refractivity (Wildman–Crippen MR) is 45.7 cm³/mol. The molecule has 0 bridgehead atoms. The maximum Gasteiger partial charge on any atom is 0.305 e. The van der Waals surface area contributed by atoms with Crippen molar-refractivity contribution >= 4 is 5.69 Å². The van der Waals surface area contributed by atoms with Crippen molar-refractivity contribution < 1.29 is 9.31 Å². The first-order chi connectivity index (χ1) is 6.06. The van der Waals surface area contributed by atoms with Crippen molar-refractivity contribution in [3.8, 4) is 0 Å². The van der Waals surface area contributed by atoms with Crippen molar-refractivity contribution in [1.29, 1.82) is 0 Å². The van der Waals surface area contributed by atoms with Gasteiger partial charge in [0.15, 0.2) is 0 Å². The molecule has 13 heavy (non-hydrogen) atoms. The Morgan fingerprint density at radius 2 is 2.23 bits per heavy atom. The third-order valence-electron chi connectivity index (χ3n) is 1.82. The number of nitro benzene ring substituents is 1. The van der Waals surface area contributed by atoms with E-state index < -0.39 is 16.4 Å². The number of hydrogen-bond acceptors (Lipinski definition) is 3. The zero-order valence-corrected chi connectivity index (χ0v) is 7.08. The molecule has 70 valence electrons. The van der Waals surface area contributed by atoms with Crippen LogP contribution in [0.2, 0.25) is 0 Å². The van der Waals surface area contributed by atoms with E-state index in [1.54, 1.807) is 6.92 Å². The average molecular weight is 184 g/mol. The van der Waals surface area contributed by atoms with Crippen molar-refractivity contribution in [3.05, 3.63) is 39.2 Å². The lowest BCUT2D eigenvalue weighted by Crippen LogP contribution is -2.02. The minimum atomic E-state index is -0.820. The molecule has 1 aromatic rings. The number of nitrogens with zero attached hydrogens (tertiary/aromatic N) is 1. The van der Waals surface area contributed by atoms with E-state index in [0.717, 1.165) is 6.07 Å². The summed E-state index contributed by atoms with van der Waals surface area (Å²) in [6.45, 7) is 1.84. The molecule has 0 aliphatic carbocycles. The van der Waals surface area contributed by atoms with Gasteiger partial charge in [-0.25, -0.2) is 0 Å². The highest BCUT2D eigenvalue weighted by molar-refractivity contribution is 5.40. The van der Waals surface area contributed by atoms with Gasteiger partial charge in [-0.2, -0.15) is 4.39 Å². The quantitative estimate of drug-likeness (QED) is 0.559. The summed E-state index contributed by atoms with van der Waals surface area (Å²) in [5, 5.41) is 10.3. The van der Waals surface area contributed by atoms with Gasteiger partial charge >= 0.3 is 5.69 Å². The van der Waals surface area contributed by atoms with Crippen LogP contribution in [-0.2, 0) is 6.54 Å². The molecular formula is C8H9FN2O2.